The van der Waals surface area contributed by atoms with E-state index in [-0.39, 0.29) is 11.4 Å². The molecule has 154 valence electrons. The summed E-state index contributed by atoms with van der Waals surface area (Å²) in [4.78, 5) is 17.3. The molecule has 3 rings (SSSR count). The topological polar surface area (TPSA) is 118 Å². The van der Waals surface area contributed by atoms with E-state index in [1.807, 2.05) is 19.0 Å². The molecule has 1 aliphatic heterocycles. The Labute approximate surface area is 164 Å². The minimum atomic E-state index is -3.75. The van der Waals surface area contributed by atoms with E-state index in [1.54, 1.807) is 30.5 Å². The van der Waals surface area contributed by atoms with E-state index >= 15 is 0 Å². The third kappa shape index (κ3) is 4.23. The molecular weight excluding hydrogens is 384 g/mol. The van der Waals surface area contributed by atoms with E-state index in [9.17, 15) is 8.42 Å². The maximum absolute atomic E-state index is 12.8. The minimum absolute atomic E-state index is 0.0448. The van der Waals surface area contributed by atoms with Crippen LogP contribution in [0.1, 0.15) is 17.2 Å². The summed E-state index contributed by atoms with van der Waals surface area (Å²) in [6, 6.07) is 0. The number of aryl methyl sites for hydroxylation is 2. The molecule has 0 aliphatic carbocycles. The van der Waals surface area contributed by atoms with Gasteiger partial charge in [-0.1, -0.05) is 0 Å². The highest BCUT2D eigenvalue weighted by Gasteiger charge is 2.24. The highest BCUT2D eigenvalue weighted by molar-refractivity contribution is 7.89. The molecule has 1 N–H and O–H groups in total. The van der Waals surface area contributed by atoms with E-state index < -0.39 is 10.0 Å². The van der Waals surface area contributed by atoms with Gasteiger partial charge in [0.25, 0.3) is 0 Å². The summed E-state index contributed by atoms with van der Waals surface area (Å²) in [6.45, 7) is 5.90. The molecule has 0 atom stereocenters. The second-order valence-electron chi connectivity index (χ2n) is 6.79. The molecule has 0 amide bonds. The third-order valence-corrected chi connectivity index (χ3v) is 6.14. The SMILES string of the molecule is Cc1nn(C)c(C)c1S(=O)(=O)NCc1nc(N(C)C)nc(N2CCOCC2)n1. The summed E-state index contributed by atoms with van der Waals surface area (Å²) in [7, 11) is 1.62. The standard InChI is InChI=1S/C16H26N8O3S/c1-11-14(12(2)23(5)21-11)28(25,26)17-10-13-18-15(22(3)4)20-16(19-13)24-6-8-27-9-7-24/h17H,6-10H2,1-5H3. The summed E-state index contributed by atoms with van der Waals surface area (Å²) < 4.78 is 35.1. The van der Waals surface area contributed by atoms with Gasteiger partial charge in [-0.25, -0.2) is 13.1 Å². The number of aromatic nitrogens is 5. The van der Waals surface area contributed by atoms with Gasteiger partial charge in [-0.15, -0.1) is 0 Å². The highest BCUT2D eigenvalue weighted by atomic mass is 32.2. The quantitative estimate of drug-likeness (QED) is 0.679. The van der Waals surface area contributed by atoms with Gasteiger partial charge in [0.15, 0.2) is 5.82 Å². The van der Waals surface area contributed by atoms with E-state index in [1.165, 1.54) is 0 Å². The van der Waals surface area contributed by atoms with Crippen molar-refractivity contribution in [1.82, 2.24) is 29.5 Å². The fraction of sp³-hybridized carbons (Fsp3) is 0.625. The molecule has 1 saturated heterocycles. The molecule has 0 aromatic carbocycles. The van der Waals surface area contributed by atoms with E-state index in [2.05, 4.69) is 24.8 Å². The van der Waals surface area contributed by atoms with Crippen molar-refractivity contribution in [2.24, 2.45) is 7.05 Å². The average Bonchev–Trinajstić information content (AvgIpc) is 2.93. The number of ether oxygens (including phenoxy) is 1. The van der Waals surface area contributed by atoms with Crippen molar-refractivity contribution >= 4 is 21.9 Å². The lowest BCUT2D eigenvalue weighted by molar-refractivity contribution is 0.122. The average molecular weight is 411 g/mol. The molecule has 12 heteroatoms. The maximum atomic E-state index is 12.8. The van der Waals surface area contributed by atoms with Gasteiger partial charge in [0, 0.05) is 34.2 Å². The van der Waals surface area contributed by atoms with Crippen LogP contribution in [0.15, 0.2) is 4.90 Å². The summed E-state index contributed by atoms with van der Waals surface area (Å²) in [5, 5.41) is 4.18. The van der Waals surface area contributed by atoms with Crippen molar-refractivity contribution in [1.29, 1.82) is 0 Å². The zero-order valence-electron chi connectivity index (χ0n) is 16.8. The summed E-state index contributed by atoms with van der Waals surface area (Å²) in [5.74, 6) is 1.34. The molecule has 1 fully saturated rings. The second kappa shape index (κ2) is 7.97. The van der Waals surface area contributed by atoms with Crippen molar-refractivity contribution in [2.75, 3.05) is 50.2 Å². The molecule has 2 aromatic heterocycles. The van der Waals surface area contributed by atoms with Gasteiger partial charge < -0.3 is 14.5 Å². The zero-order chi connectivity index (χ0) is 20.5. The smallest absolute Gasteiger partial charge is 0.244 e. The number of hydrogen-bond acceptors (Lipinski definition) is 9. The van der Waals surface area contributed by atoms with Crippen LogP contribution in [-0.4, -0.2) is 73.5 Å². The van der Waals surface area contributed by atoms with Crippen LogP contribution >= 0.6 is 0 Å². The fourth-order valence-corrected chi connectivity index (χ4v) is 4.37. The fourth-order valence-electron chi connectivity index (χ4n) is 2.95. The second-order valence-corrected chi connectivity index (χ2v) is 8.50. The van der Waals surface area contributed by atoms with E-state index in [0.29, 0.717) is 55.4 Å². The predicted octanol–water partition coefficient (Wildman–Crippen LogP) is -0.397. The summed E-state index contributed by atoms with van der Waals surface area (Å²) in [6.07, 6.45) is 0. The Morgan fingerprint density at radius 2 is 1.82 bits per heavy atom. The van der Waals surface area contributed by atoms with Crippen LogP contribution in [0.5, 0.6) is 0 Å². The first-order chi connectivity index (χ1) is 13.2. The minimum Gasteiger partial charge on any atom is -0.378 e. The summed E-state index contributed by atoms with van der Waals surface area (Å²) in [5.41, 5.74) is 1.02. The number of nitrogens with zero attached hydrogens (tertiary/aromatic N) is 7. The lowest BCUT2D eigenvalue weighted by Crippen LogP contribution is -2.38. The van der Waals surface area contributed by atoms with Crippen LogP contribution in [0.25, 0.3) is 0 Å². The van der Waals surface area contributed by atoms with Crippen LogP contribution in [0, 0.1) is 13.8 Å². The maximum Gasteiger partial charge on any atom is 0.244 e. The van der Waals surface area contributed by atoms with Gasteiger partial charge in [0.05, 0.1) is 31.1 Å². The number of nitrogens with one attached hydrogen (secondary N) is 1. The normalized spacial score (nSPS) is 15.1. The van der Waals surface area contributed by atoms with Crippen LogP contribution in [0.4, 0.5) is 11.9 Å². The Kier molecular flexibility index (Phi) is 5.82. The first kappa shape index (κ1) is 20.4. The molecule has 28 heavy (non-hydrogen) atoms. The third-order valence-electron chi connectivity index (χ3n) is 4.48. The van der Waals surface area contributed by atoms with Gasteiger partial charge in [-0.2, -0.15) is 20.1 Å². The van der Waals surface area contributed by atoms with E-state index in [0.717, 1.165) is 0 Å². The lowest BCUT2D eigenvalue weighted by atomic mass is 10.4. The first-order valence-corrected chi connectivity index (χ1v) is 10.4. The Hall–Kier alpha value is -2.31. The largest absolute Gasteiger partial charge is 0.378 e. The summed E-state index contributed by atoms with van der Waals surface area (Å²) >= 11 is 0. The Balaban J connectivity index is 1.86. The Morgan fingerprint density at radius 3 is 2.39 bits per heavy atom. The number of hydrogen-bond donors (Lipinski definition) is 1. The van der Waals surface area contributed by atoms with Gasteiger partial charge in [-0.3, -0.25) is 4.68 Å². The molecule has 0 radical (unpaired) electrons. The molecule has 1 aliphatic rings. The number of sulfonamides is 1. The molecular formula is C16H26N8O3S. The monoisotopic (exact) mass is 410 g/mol. The van der Waals surface area contributed by atoms with Gasteiger partial charge >= 0.3 is 0 Å². The van der Waals surface area contributed by atoms with Gasteiger partial charge in [0.2, 0.25) is 21.9 Å². The molecule has 2 aromatic rings. The Morgan fingerprint density at radius 1 is 1.14 bits per heavy atom. The first-order valence-electron chi connectivity index (χ1n) is 8.94. The van der Waals surface area contributed by atoms with Gasteiger partial charge in [0.1, 0.15) is 4.90 Å². The lowest BCUT2D eigenvalue weighted by Gasteiger charge is -2.27. The molecule has 3 heterocycles. The van der Waals surface area contributed by atoms with E-state index in [4.69, 9.17) is 4.74 Å². The van der Waals surface area contributed by atoms with Crippen molar-refractivity contribution < 1.29 is 13.2 Å². The van der Waals surface area contributed by atoms with Crippen molar-refractivity contribution in [3.63, 3.8) is 0 Å². The zero-order valence-corrected chi connectivity index (χ0v) is 17.6. The number of rotatable bonds is 6. The Bertz CT molecular complexity index is 951. The molecule has 11 nitrogen and oxygen atoms in total. The van der Waals surface area contributed by atoms with Crippen LogP contribution in [0.3, 0.4) is 0 Å². The highest BCUT2D eigenvalue weighted by Crippen LogP contribution is 2.19. The molecule has 0 bridgehead atoms. The van der Waals surface area contributed by atoms with Crippen molar-refractivity contribution in [3.8, 4) is 0 Å². The number of anilines is 2. The molecule has 0 spiro atoms. The van der Waals surface area contributed by atoms with Crippen molar-refractivity contribution in [3.05, 3.63) is 17.2 Å². The van der Waals surface area contributed by atoms with Crippen molar-refractivity contribution in [2.45, 2.75) is 25.3 Å². The number of morpholine rings is 1. The van der Waals surface area contributed by atoms with Crippen LogP contribution in [-0.2, 0) is 28.4 Å². The predicted molar refractivity (Wildman–Crippen MR) is 104 cm³/mol. The molecule has 0 saturated carbocycles. The molecule has 0 unspecified atom stereocenters. The van der Waals surface area contributed by atoms with Crippen LogP contribution < -0.4 is 14.5 Å². The van der Waals surface area contributed by atoms with Gasteiger partial charge in [-0.05, 0) is 13.8 Å². The van der Waals surface area contributed by atoms with Crippen LogP contribution in [0.2, 0.25) is 0 Å².